The van der Waals surface area contributed by atoms with Crippen molar-refractivity contribution in [1.82, 2.24) is 19.7 Å². The summed E-state index contributed by atoms with van der Waals surface area (Å²) in [5.41, 5.74) is 2.60. The van der Waals surface area contributed by atoms with Crippen molar-refractivity contribution >= 4 is 22.4 Å². The second-order valence-corrected chi connectivity index (χ2v) is 7.69. The van der Waals surface area contributed by atoms with Gasteiger partial charge in [0.15, 0.2) is 5.13 Å². The summed E-state index contributed by atoms with van der Waals surface area (Å²) in [4.78, 5) is 21.6. The Morgan fingerprint density at radius 3 is 2.87 bits per heavy atom. The number of carbonyl (C=O) groups is 1. The first-order valence-corrected chi connectivity index (χ1v) is 10.2. The van der Waals surface area contributed by atoms with Gasteiger partial charge < -0.3 is 0 Å². The number of fused-ring (bicyclic) bond motifs is 1. The number of hydrogen-bond donors (Lipinski definition) is 1. The highest BCUT2D eigenvalue weighted by Crippen LogP contribution is 2.32. The van der Waals surface area contributed by atoms with Crippen LogP contribution >= 0.6 is 11.3 Å². The number of pyridine rings is 1. The maximum Gasteiger partial charge on any atom is 0.261 e. The van der Waals surface area contributed by atoms with Crippen LogP contribution < -0.4 is 5.32 Å². The summed E-state index contributed by atoms with van der Waals surface area (Å²) >= 11 is 1.21. The van der Waals surface area contributed by atoms with Crippen LogP contribution in [0.4, 0.5) is 13.9 Å². The fourth-order valence-electron chi connectivity index (χ4n) is 3.57. The summed E-state index contributed by atoms with van der Waals surface area (Å²) in [7, 11) is 0. The molecule has 0 spiro atoms. The lowest BCUT2D eigenvalue weighted by Gasteiger charge is -2.06. The lowest BCUT2D eigenvalue weighted by Crippen LogP contribution is -2.14. The molecular weight excluding hydrogens is 408 g/mol. The Morgan fingerprint density at radius 2 is 2.03 bits per heavy atom. The van der Waals surface area contributed by atoms with Gasteiger partial charge in [0.05, 0.1) is 17.0 Å². The Morgan fingerprint density at radius 1 is 1.17 bits per heavy atom. The predicted octanol–water partition coefficient (Wildman–Crippen LogP) is 4.55. The van der Waals surface area contributed by atoms with Crippen molar-refractivity contribution in [3.8, 4) is 22.6 Å². The van der Waals surface area contributed by atoms with E-state index in [0.717, 1.165) is 12.1 Å². The highest BCUT2D eigenvalue weighted by molar-refractivity contribution is 7.14. The number of rotatable bonds is 4. The second kappa shape index (κ2) is 7.42. The Kier molecular flexibility index (Phi) is 4.59. The van der Waals surface area contributed by atoms with E-state index >= 15 is 0 Å². The number of halogens is 2. The molecule has 5 rings (SSSR count). The molecular formula is C21H15F2N5OS. The van der Waals surface area contributed by atoms with Gasteiger partial charge in [0.2, 0.25) is 0 Å². The number of benzene rings is 1. The number of amides is 1. The number of aryl methyl sites for hydroxylation is 1. The topological polar surface area (TPSA) is 72.7 Å². The van der Waals surface area contributed by atoms with Gasteiger partial charge >= 0.3 is 0 Å². The van der Waals surface area contributed by atoms with E-state index in [1.54, 1.807) is 28.3 Å². The quantitative estimate of drug-likeness (QED) is 0.523. The minimum atomic E-state index is -0.433. The molecule has 0 saturated carbocycles. The van der Waals surface area contributed by atoms with Crippen LogP contribution in [0, 0.1) is 11.6 Å². The van der Waals surface area contributed by atoms with Crippen LogP contribution in [0.5, 0.6) is 0 Å². The number of carbonyl (C=O) groups excluding carboxylic acids is 1. The van der Waals surface area contributed by atoms with Crippen molar-refractivity contribution < 1.29 is 13.6 Å². The molecule has 1 aromatic carbocycles. The van der Waals surface area contributed by atoms with Gasteiger partial charge in [0, 0.05) is 29.8 Å². The van der Waals surface area contributed by atoms with Gasteiger partial charge in [-0.2, -0.15) is 5.10 Å². The fraction of sp³-hybridized carbons (Fsp3) is 0.143. The molecule has 1 amide bonds. The first kappa shape index (κ1) is 18.6. The molecule has 0 aliphatic carbocycles. The molecule has 30 heavy (non-hydrogen) atoms. The Hall–Kier alpha value is -3.46. The smallest absolute Gasteiger partial charge is 0.261 e. The number of nitrogens with zero attached hydrogens (tertiary/aromatic N) is 4. The summed E-state index contributed by atoms with van der Waals surface area (Å²) in [6.07, 6.45) is 2.94. The zero-order valence-corrected chi connectivity index (χ0v) is 16.4. The van der Waals surface area contributed by atoms with E-state index in [2.05, 4.69) is 20.4 Å². The molecule has 0 bridgehead atoms. The third-order valence-electron chi connectivity index (χ3n) is 4.91. The van der Waals surface area contributed by atoms with Crippen molar-refractivity contribution in [2.45, 2.75) is 19.4 Å². The number of anilines is 1. The Labute approximate surface area is 174 Å². The summed E-state index contributed by atoms with van der Waals surface area (Å²) in [6.45, 7) is 0.691. The standard InChI is InChI=1S/C21H15F2N5OS/c22-12-7-8-24-15(10-12)16-11-30-21(25-16)26-20(29)18-17-6-3-9-28(17)27-19(18)13-4-1-2-5-14(13)23/h1-2,4-5,7-8,10-11H,3,6,9H2,(H,25,26,29). The third kappa shape index (κ3) is 3.26. The molecule has 0 unspecified atom stereocenters. The van der Waals surface area contributed by atoms with E-state index in [4.69, 9.17) is 0 Å². The minimum absolute atomic E-state index is 0.285. The number of hydrogen-bond acceptors (Lipinski definition) is 5. The molecule has 1 N–H and O–H groups in total. The molecule has 150 valence electrons. The van der Waals surface area contributed by atoms with E-state index in [-0.39, 0.29) is 5.56 Å². The molecule has 1 aliphatic heterocycles. The molecule has 4 heterocycles. The molecule has 0 atom stereocenters. The molecule has 0 fully saturated rings. The van der Waals surface area contributed by atoms with E-state index in [1.165, 1.54) is 35.7 Å². The zero-order chi connectivity index (χ0) is 20.7. The van der Waals surface area contributed by atoms with Crippen molar-refractivity contribution in [2.24, 2.45) is 0 Å². The highest BCUT2D eigenvalue weighted by Gasteiger charge is 2.29. The second-order valence-electron chi connectivity index (χ2n) is 6.83. The van der Waals surface area contributed by atoms with Crippen LogP contribution in [0.2, 0.25) is 0 Å². The molecule has 9 heteroatoms. The lowest BCUT2D eigenvalue weighted by molar-refractivity contribution is 0.102. The number of aromatic nitrogens is 4. The fourth-order valence-corrected chi connectivity index (χ4v) is 4.27. The summed E-state index contributed by atoms with van der Waals surface area (Å²) in [5, 5.41) is 9.31. The van der Waals surface area contributed by atoms with Crippen molar-refractivity contribution in [2.75, 3.05) is 5.32 Å². The van der Waals surface area contributed by atoms with Crippen molar-refractivity contribution in [3.05, 3.63) is 70.9 Å². The highest BCUT2D eigenvalue weighted by atomic mass is 32.1. The molecule has 0 radical (unpaired) electrons. The van der Waals surface area contributed by atoms with E-state index in [1.807, 2.05) is 0 Å². The van der Waals surface area contributed by atoms with E-state index < -0.39 is 17.5 Å². The maximum atomic E-state index is 14.4. The zero-order valence-electron chi connectivity index (χ0n) is 15.6. The molecule has 3 aromatic heterocycles. The van der Waals surface area contributed by atoms with Crippen LogP contribution in [0.3, 0.4) is 0 Å². The SMILES string of the molecule is O=C(Nc1nc(-c2cc(F)ccn2)cs1)c1c(-c2ccccc2F)nn2c1CCC2. The largest absolute Gasteiger partial charge is 0.298 e. The predicted molar refractivity (Wildman–Crippen MR) is 109 cm³/mol. The lowest BCUT2D eigenvalue weighted by atomic mass is 10.0. The van der Waals surface area contributed by atoms with Crippen LogP contribution in [-0.4, -0.2) is 25.7 Å². The van der Waals surface area contributed by atoms with Crippen LogP contribution in [0.15, 0.2) is 48.0 Å². The van der Waals surface area contributed by atoms with E-state index in [0.29, 0.717) is 40.7 Å². The first-order valence-electron chi connectivity index (χ1n) is 9.33. The van der Waals surface area contributed by atoms with Gasteiger partial charge in [-0.3, -0.25) is 19.8 Å². The summed E-state index contributed by atoms with van der Waals surface area (Å²) in [5.74, 6) is -1.25. The maximum absolute atomic E-state index is 14.4. The Bertz CT molecular complexity index is 1270. The minimum Gasteiger partial charge on any atom is -0.298 e. The van der Waals surface area contributed by atoms with Crippen molar-refractivity contribution in [3.63, 3.8) is 0 Å². The molecule has 6 nitrogen and oxygen atoms in total. The van der Waals surface area contributed by atoms with Crippen LogP contribution in [0.1, 0.15) is 22.5 Å². The van der Waals surface area contributed by atoms with Crippen molar-refractivity contribution in [1.29, 1.82) is 0 Å². The number of thiazole rings is 1. The average Bonchev–Trinajstić information content (AvgIpc) is 3.44. The van der Waals surface area contributed by atoms with Gasteiger partial charge in [0.25, 0.3) is 5.91 Å². The number of nitrogens with one attached hydrogen (secondary N) is 1. The molecule has 1 aliphatic rings. The molecule has 0 saturated heterocycles. The molecule has 4 aromatic rings. The normalized spacial score (nSPS) is 12.7. The van der Waals surface area contributed by atoms with E-state index in [9.17, 15) is 13.6 Å². The summed E-state index contributed by atoms with van der Waals surface area (Å²) < 4.78 is 29.6. The van der Waals surface area contributed by atoms with Crippen LogP contribution in [-0.2, 0) is 13.0 Å². The van der Waals surface area contributed by atoms with Gasteiger partial charge in [-0.25, -0.2) is 13.8 Å². The van der Waals surface area contributed by atoms with Gasteiger partial charge in [-0.1, -0.05) is 12.1 Å². The van der Waals surface area contributed by atoms with Gasteiger partial charge in [0.1, 0.15) is 23.0 Å². The van der Waals surface area contributed by atoms with Gasteiger partial charge in [-0.15, -0.1) is 11.3 Å². The van der Waals surface area contributed by atoms with Gasteiger partial charge in [-0.05, 0) is 31.0 Å². The summed E-state index contributed by atoms with van der Waals surface area (Å²) in [6, 6.07) is 8.80. The first-order chi connectivity index (χ1) is 14.6. The third-order valence-corrected chi connectivity index (χ3v) is 5.66. The van der Waals surface area contributed by atoms with Crippen LogP contribution in [0.25, 0.3) is 22.6 Å². The Balaban J connectivity index is 1.48. The average molecular weight is 423 g/mol. The monoisotopic (exact) mass is 423 g/mol.